The highest BCUT2D eigenvalue weighted by molar-refractivity contribution is 7.45. The Morgan fingerprint density at radius 2 is 1.81 bits per heavy atom. The predicted molar refractivity (Wildman–Crippen MR) is 56.4 cm³/mol. The van der Waals surface area contributed by atoms with Crippen molar-refractivity contribution < 1.29 is 29.5 Å². The molecule has 0 saturated carbocycles. The van der Waals surface area contributed by atoms with Gasteiger partial charge in [0.25, 0.3) is 0 Å². The van der Waals surface area contributed by atoms with E-state index in [-0.39, 0.29) is 12.3 Å². The molecular formula is C8H14NO6P. The van der Waals surface area contributed by atoms with Gasteiger partial charge >= 0.3 is 7.82 Å². The molecule has 7 nitrogen and oxygen atoms in total. The SMILES string of the molecule is NCC(O)c1cccc(O)c1.O=P(O)(O)O. The largest absolute Gasteiger partial charge is 0.508 e. The molecule has 0 radical (unpaired) electrons. The average molecular weight is 251 g/mol. The van der Waals surface area contributed by atoms with Gasteiger partial charge in [0, 0.05) is 6.54 Å². The smallest absolute Gasteiger partial charge is 0.466 e. The quantitative estimate of drug-likeness (QED) is 0.387. The lowest BCUT2D eigenvalue weighted by Crippen LogP contribution is -2.11. The van der Waals surface area contributed by atoms with Crippen LogP contribution in [0.25, 0.3) is 0 Å². The van der Waals surface area contributed by atoms with E-state index in [0.717, 1.165) is 0 Å². The van der Waals surface area contributed by atoms with E-state index in [4.69, 9.17) is 30.1 Å². The molecule has 0 spiro atoms. The number of aliphatic hydroxyl groups excluding tert-OH is 1. The molecule has 0 aliphatic carbocycles. The summed E-state index contributed by atoms with van der Waals surface area (Å²) >= 11 is 0. The van der Waals surface area contributed by atoms with Crippen LogP contribution >= 0.6 is 7.82 Å². The van der Waals surface area contributed by atoms with Crippen LogP contribution in [0.2, 0.25) is 0 Å². The summed E-state index contributed by atoms with van der Waals surface area (Å²) in [6, 6.07) is 6.44. The fourth-order valence-electron chi connectivity index (χ4n) is 0.868. The van der Waals surface area contributed by atoms with Crippen molar-refractivity contribution in [3.63, 3.8) is 0 Å². The molecule has 0 heterocycles. The molecule has 0 aliphatic rings. The first-order valence-corrected chi connectivity index (χ1v) is 5.76. The molecule has 0 fully saturated rings. The van der Waals surface area contributed by atoms with Crippen molar-refractivity contribution in [2.45, 2.75) is 6.10 Å². The Bertz CT molecular complexity index is 357. The lowest BCUT2D eigenvalue weighted by molar-refractivity contribution is 0.186. The number of aliphatic hydroxyl groups is 1. The molecule has 0 amide bonds. The van der Waals surface area contributed by atoms with Gasteiger partial charge in [0.05, 0.1) is 6.10 Å². The molecule has 0 saturated heterocycles. The van der Waals surface area contributed by atoms with Gasteiger partial charge in [0.2, 0.25) is 0 Å². The second kappa shape index (κ2) is 6.59. The van der Waals surface area contributed by atoms with E-state index in [1.807, 2.05) is 0 Å². The number of aromatic hydroxyl groups is 1. The lowest BCUT2D eigenvalue weighted by Gasteiger charge is -2.06. The van der Waals surface area contributed by atoms with Crippen LogP contribution in [0.1, 0.15) is 11.7 Å². The molecular weight excluding hydrogens is 237 g/mol. The Kier molecular flexibility index (Phi) is 6.20. The number of phosphoric acid groups is 1. The van der Waals surface area contributed by atoms with Crippen molar-refractivity contribution in [2.24, 2.45) is 5.73 Å². The molecule has 16 heavy (non-hydrogen) atoms. The molecule has 0 bridgehead atoms. The number of rotatable bonds is 2. The Morgan fingerprint density at radius 1 is 1.31 bits per heavy atom. The van der Waals surface area contributed by atoms with Crippen LogP contribution in [0.5, 0.6) is 5.75 Å². The van der Waals surface area contributed by atoms with Gasteiger partial charge in [-0.05, 0) is 17.7 Å². The van der Waals surface area contributed by atoms with Crippen molar-refractivity contribution in [1.82, 2.24) is 0 Å². The fourth-order valence-corrected chi connectivity index (χ4v) is 0.868. The molecule has 0 aliphatic heterocycles. The van der Waals surface area contributed by atoms with E-state index in [9.17, 15) is 5.11 Å². The Hall–Kier alpha value is -0.950. The van der Waals surface area contributed by atoms with Crippen molar-refractivity contribution in [3.8, 4) is 5.75 Å². The number of benzene rings is 1. The maximum Gasteiger partial charge on any atom is 0.466 e. The monoisotopic (exact) mass is 251 g/mol. The summed E-state index contributed by atoms with van der Waals surface area (Å²) in [5.74, 6) is 0.148. The first-order chi connectivity index (χ1) is 7.24. The molecule has 1 unspecified atom stereocenters. The van der Waals surface area contributed by atoms with Gasteiger partial charge in [-0.25, -0.2) is 4.57 Å². The Morgan fingerprint density at radius 3 is 2.19 bits per heavy atom. The zero-order valence-corrected chi connectivity index (χ0v) is 9.16. The van der Waals surface area contributed by atoms with E-state index >= 15 is 0 Å². The highest BCUT2D eigenvalue weighted by atomic mass is 31.2. The van der Waals surface area contributed by atoms with Crippen LogP contribution in [0.4, 0.5) is 0 Å². The first-order valence-electron chi connectivity index (χ1n) is 4.19. The lowest BCUT2D eigenvalue weighted by atomic mass is 10.1. The van der Waals surface area contributed by atoms with Gasteiger partial charge < -0.3 is 30.6 Å². The summed E-state index contributed by atoms with van der Waals surface area (Å²) in [5, 5.41) is 18.2. The first kappa shape index (κ1) is 15.0. The van der Waals surface area contributed by atoms with Gasteiger partial charge in [-0.3, -0.25) is 0 Å². The summed E-state index contributed by atoms with van der Waals surface area (Å²) in [5.41, 5.74) is 5.87. The van der Waals surface area contributed by atoms with Crippen molar-refractivity contribution in [1.29, 1.82) is 0 Å². The van der Waals surface area contributed by atoms with Crippen molar-refractivity contribution in [3.05, 3.63) is 29.8 Å². The second-order valence-electron chi connectivity index (χ2n) is 2.86. The highest BCUT2D eigenvalue weighted by Crippen LogP contribution is 2.25. The van der Waals surface area contributed by atoms with E-state index in [1.54, 1.807) is 18.2 Å². The maximum atomic E-state index is 9.22. The van der Waals surface area contributed by atoms with Gasteiger partial charge in [0.1, 0.15) is 5.75 Å². The second-order valence-corrected chi connectivity index (χ2v) is 3.89. The molecule has 1 aromatic rings. The van der Waals surface area contributed by atoms with E-state index in [0.29, 0.717) is 5.56 Å². The third-order valence-corrected chi connectivity index (χ3v) is 1.48. The van der Waals surface area contributed by atoms with Crippen LogP contribution < -0.4 is 5.73 Å². The van der Waals surface area contributed by atoms with Gasteiger partial charge in [-0.1, -0.05) is 12.1 Å². The third kappa shape index (κ3) is 8.37. The number of hydrogen-bond donors (Lipinski definition) is 6. The predicted octanol–water partition coefficient (Wildman–Crippen LogP) is -0.544. The van der Waals surface area contributed by atoms with Gasteiger partial charge in [-0.2, -0.15) is 0 Å². The summed E-state index contributed by atoms with van der Waals surface area (Å²) in [4.78, 5) is 21.6. The molecule has 1 rings (SSSR count). The van der Waals surface area contributed by atoms with E-state index in [1.165, 1.54) is 6.07 Å². The van der Waals surface area contributed by atoms with E-state index in [2.05, 4.69) is 0 Å². The molecule has 7 N–H and O–H groups in total. The van der Waals surface area contributed by atoms with E-state index < -0.39 is 13.9 Å². The topological polar surface area (TPSA) is 144 Å². The maximum absolute atomic E-state index is 9.22. The molecule has 8 heteroatoms. The zero-order chi connectivity index (χ0) is 12.8. The molecule has 1 atom stereocenters. The summed E-state index contributed by atoms with van der Waals surface area (Å²) in [7, 11) is -4.64. The standard InChI is InChI=1S/C8H11NO2.H3O4P/c9-5-8(11)6-2-1-3-7(10)4-6;1-5(2,3)4/h1-4,8,10-11H,5,9H2;(H3,1,2,3,4). The third-order valence-electron chi connectivity index (χ3n) is 1.48. The van der Waals surface area contributed by atoms with Crippen LogP contribution in [-0.4, -0.2) is 31.4 Å². The fraction of sp³-hybridized carbons (Fsp3) is 0.250. The highest BCUT2D eigenvalue weighted by Gasteiger charge is 2.03. The van der Waals surface area contributed by atoms with Gasteiger partial charge in [0.15, 0.2) is 0 Å². The number of phenols is 1. The van der Waals surface area contributed by atoms with Gasteiger partial charge in [-0.15, -0.1) is 0 Å². The molecule has 92 valence electrons. The number of phenolic OH excluding ortho intramolecular Hbond substituents is 1. The van der Waals surface area contributed by atoms with Crippen LogP contribution in [0.15, 0.2) is 24.3 Å². The minimum atomic E-state index is -4.64. The number of hydrogen-bond acceptors (Lipinski definition) is 4. The summed E-state index contributed by atoms with van der Waals surface area (Å²) in [6.45, 7) is 0.170. The Labute approximate surface area is 92.0 Å². The summed E-state index contributed by atoms with van der Waals surface area (Å²) in [6.07, 6.45) is -0.679. The van der Waals surface area contributed by atoms with Crippen molar-refractivity contribution >= 4 is 7.82 Å². The van der Waals surface area contributed by atoms with Crippen LogP contribution in [-0.2, 0) is 4.57 Å². The average Bonchev–Trinajstić information content (AvgIpc) is 2.14. The normalized spacial score (nSPS) is 12.6. The minimum absolute atomic E-state index is 0.148. The molecule has 0 aromatic heterocycles. The minimum Gasteiger partial charge on any atom is -0.508 e. The van der Waals surface area contributed by atoms with Crippen LogP contribution in [0, 0.1) is 0 Å². The summed E-state index contributed by atoms with van der Waals surface area (Å²) < 4.78 is 8.88. The van der Waals surface area contributed by atoms with Crippen molar-refractivity contribution in [2.75, 3.05) is 6.54 Å². The van der Waals surface area contributed by atoms with Crippen LogP contribution in [0.3, 0.4) is 0 Å². The Balaban J connectivity index is 0.000000385. The number of nitrogens with two attached hydrogens (primary N) is 1. The zero-order valence-electron chi connectivity index (χ0n) is 8.26. The molecule has 1 aromatic carbocycles.